The first-order valence-corrected chi connectivity index (χ1v) is 8.08. The Morgan fingerprint density at radius 2 is 2.08 bits per heavy atom. The summed E-state index contributed by atoms with van der Waals surface area (Å²) in [6.07, 6.45) is 0.735. The summed E-state index contributed by atoms with van der Waals surface area (Å²) in [5.41, 5.74) is 11.1. The van der Waals surface area contributed by atoms with Crippen molar-refractivity contribution in [2.45, 2.75) is 51.4 Å². The van der Waals surface area contributed by atoms with Crippen LogP contribution in [-0.2, 0) is 11.8 Å². The molecule has 2 rings (SSSR count). The highest BCUT2D eigenvalue weighted by molar-refractivity contribution is 5.67. The number of nitrogens with one attached hydrogen (secondary N) is 2. The van der Waals surface area contributed by atoms with E-state index in [0.29, 0.717) is 31.6 Å². The van der Waals surface area contributed by atoms with Crippen LogP contribution in [0.5, 0.6) is 0 Å². The van der Waals surface area contributed by atoms with Gasteiger partial charge in [0.15, 0.2) is 0 Å². The summed E-state index contributed by atoms with van der Waals surface area (Å²) in [7, 11) is 1.81. The van der Waals surface area contributed by atoms with Crippen LogP contribution in [0.2, 0.25) is 0 Å². The number of nitrogen functional groups attached to an aromatic ring is 1. The zero-order chi connectivity index (χ0) is 17.9. The number of carbonyl (C=O) groups excluding carboxylic acids is 1. The Morgan fingerprint density at radius 1 is 1.42 bits per heavy atom. The molecule has 4 N–H and O–H groups in total. The fraction of sp³-hybridized carbons (Fsp3) is 0.733. The number of rotatable bonds is 3. The molecular weight excluding hydrogens is 315 g/mol. The molecule has 1 aliphatic heterocycles. The fourth-order valence-electron chi connectivity index (χ4n) is 2.73. The van der Waals surface area contributed by atoms with Crippen molar-refractivity contribution in [1.29, 1.82) is 0 Å². The zero-order valence-electron chi connectivity index (χ0n) is 14.7. The van der Waals surface area contributed by atoms with Crippen molar-refractivity contribution < 1.29 is 13.9 Å². The lowest BCUT2D eigenvalue weighted by Crippen LogP contribution is -2.50. The molecule has 1 aliphatic rings. The molecule has 9 heteroatoms. The number of halogens is 1. The highest BCUT2D eigenvalue weighted by Crippen LogP contribution is 2.25. The van der Waals surface area contributed by atoms with Crippen molar-refractivity contribution >= 4 is 17.6 Å². The van der Waals surface area contributed by atoms with Crippen molar-refractivity contribution in [3.05, 3.63) is 6.20 Å². The molecule has 24 heavy (non-hydrogen) atoms. The minimum Gasteiger partial charge on any atom is -0.443 e. The van der Waals surface area contributed by atoms with Crippen LogP contribution in [0.3, 0.4) is 0 Å². The molecule has 2 atom stereocenters. The molecule has 1 aromatic heterocycles. The topological polar surface area (TPSA) is 97.4 Å². The van der Waals surface area contributed by atoms with Gasteiger partial charge >= 0.3 is 6.09 Å². The van der Waals surface area contributed by atoms with Crippen LogP contribution in [-0.4, -0.2) is 46.8 Å². The standard InChI is InChI=1S/C15H27FN6O2/c1-15(2,3)24-14(23)20-19-12-6-8-22(7-5-10(12)16)13-11(17)9-18-21(13)4/h9-10,12,19H,5-8,17H2,1-4H3,(H,20,23). The second-order valence-electron chi connectivity index (χ2n) is 7.01. The largest absolute Gasteiger partial charge is 0.443 e. The first-order chi connectivity index (χ1) is 11.2. The molecule has 0 aliphatic carbocycles. The number of nitrogens with two attached hydrogens (primary N) is 1. The summed E-state index contributed by atoms with van der Waals surface area (Å²) in [4.78, 5) is 13.7. The Kier molecular flexibility index (Phi) is 5.53. The third kappa shape index (κ3) is 4.73. The van der Waals surface area contributed by atoms with Gasteiger partial charge in [0.25, 0.3) is 0 Å². The van der Waals surface area contributed by atoms with Crippen LogP contribution in [0.15, 0.2) is 6.20 Å². The number of ether oxygens (including phenoxy) is 1. The Morgan fingerprint density at radius 3 is 2.67 bits per heavy atom. The lowest BCUT2D eigenvalue weighted by Gasteiger charge is -2.24. The number of hydrogen-bond acceptors (Lipinski definition) is 6. The second kappa shape index (κ2) is 7.25. The summed E-state index contributed by atoms with van der Waals surface area (Å²) < 4.78 is 21.2. The minimum atomic E-state index is -1.08. The molecule has 1 fully saturated rings. The lowest BCUT2D eigenvalue weighted by atomic mass is 10.1. The maximum absolute atomic E-state index is 14.4. The van der Waals surface area contributed by atoms with Gasteiger partial charge < -0.3 is 15.4 Å². The van der Waals surface area contributed by atoms with Crippen LogP contribution >= 0.6 is 0 Å². The monoisotopic (exact) mass is 342 g/mol. The molecule has 2 unspecified atom stereocenters. The number of hydrogen-bond donors (Lipinski definition) is 3. The second-order valence-corrected chi connectivity index (χ2v) is 7.01. The number of carbonyl (C=O) groups is 1. The van der Waals surface area contributed by atoms with Crippen LogP contribution in [0.4, 0.5) is 20.7 Å². The first-order valence-electron chi connectivity index (χ1n) is 8.08. The van der Waals surface area contributed by atoms with E-state index >= 15 is 0 Å². The Bertz CT molecular complexity index is 551. The normalized spacial score (nSPS) is 22.1. The Labute approximate surface area is 141 Å². The molecule has 2 heterocycles. The number of aryl methyl sites for hydroxylation is 1. The van der Waals surface area contributed by atoms with Crippen molar-refractivity contribution in [2.75, 3.05) is 23.7 Å². The van der Waals surface area contributed by atoms with E-state index in [1.807, 2.05) is 11.9 Å². The Balaban J connectivity index is 1.92. The fourth-order valence-corrected chi connectivity index (χ4v) is 2.73. The van der Waals surface area contributed by atoms with E-state index in [4.69, 9.17) is 10.5 Å². The molecule has 1 saturated heterocycles. The van der Waals surface area contributed by atoms with Gasteiger partial charge in [-0.1, -0.05) is 0 Å². The van der Waals surface area contributed by atoms with Gasteiger partial charge in [0.2, 0.25) is 0 Å². The highest BCUT2D eigenvalue weighted by atomic mass is 19.1. The summed E-state index contributed by atoms with van der Waals surface area (Å²) in [6.45, 7) is 6.46. The number of amides is 1. The predicted octanol–water partition coefficient (Wildman–Crippen LogP) is 1.34. The molecular formula is C15H27FN6O2. The molecule has 136 valence electrons. The molecule has 1 aromatic rings. The van der Waals surface area contributed by atoms with Crippen molar-refractivity contribution in [2.24, 2.45) is 7.05 Å². The lowest BCUT2D eigenvalue weighted by molar-refractivity contribution is 0.0474. The average molecular weight is 342 g/mol. The van der Waals surface area contributed by atoms with E-state index in [1.54, 1.807) is 31.6 Å². The molecule has 0 saturated carbocycles. The molecule has 0 aromatic carbocycles. The van der Waals surface area contributed by atoms with E-state index in [1.165, 1.54) is 0 Å². The van der Waals surface area contributed by atoms with Crippen LogP contribution in [0.25, 0.3) is 0 Å². The van der Waals surface area contributed by atoms with Gasteiger partial charge in [-0.25, -0.2) is 14.6 Å². The van der Waals surface area contributed by atoms with Crippen molar-refractivity contribution in [1.82, 2.24) is 20.6 Å². The van der Waals surface area contributed by atoms with Gasteiger partial charge in [-0.05, 0) is 33.6 Å². The van der Waals surface area contributed by atoms with E-state index < -0.39 is 23.9 Å². The average Bonchev–Trinajstić information content (AvgIpc) is 2.68. The maximum Gasteiger partial charge on any atom is 0.422 e. The zero-order valence-corrected chi connectivity index (χ0v) is 14.7. The summed E-state index contributed by atoms with van der Waals surface area (Å²) in [5.74, 6) is 0.794. The van der Waals surface area contributed by atoms with Crippen LogP contribution in [0, 0.1) is 0 Å². The van der Waals surface area contributed by atoms with Gasteiger partial charge in [-0.2, -0.15) is 5.10 Å². The molecule has 1 amide bonds. The molecule has 0 radical (unpaired) electrons. The number of nitrogens with zero attached hydrogens (tertiary/aromatic N) is 3. The maximum atomic E-state index is 14.4. The number of hydrazine groups is 1. The summed E-state index contributed by atoms with van der Waals surface area (Å²) in [5, 5.41) is 4.12. The number of alkyl halides is 1. The van der Waals surface area contributed by atoms with Crippen molar-refractivity contribution in [3.8, 4) is 0 Å². The van der Waals surface area contributed by atoms with Gasteiger partial charge in [0, 0.05) is 20.1 Å². The smallest absolute Gasteiger partial charge is 0.422 e. The Hall–Kier alpha value is -2.03. The SMILES string of the molecule is Cn1ncc(N)c1N1CCC(F)C(NNC(=O)OC(C)(C)C)CC1. The minimum absolute atomic E-state index is 0.332. The summed E-state index contributed by atoms with van der Waals surface area (Å²) in [6, 6.07) is -0.489. The van der Waals surface area contributed by atoms with Gasteiger partial charge in [-0.3, -0.25) is 10.1 Å². The molecule has 0 spiro atoms. The quantitative estimate of drug-likeness (QED) is 0.717. The summed E-state index contributed by atoms with van der Waals surface area (Å²) >= 11 is 0. The van der Waals surface area contributed by atoms with Crippen LogP contribution < -0.4 is 21.5 Å². The van der Waals surface area contributed by atoms with E-state index in [9.17, 15) is 9.18 Å². The van der Waals surface area contributed by atoms with E-state index in [0.717, 1.165) is 5.82 Å². The first kappa shape index (κ1) is 18.3. The molecule has 8 nitrogen and oxygen atoms in total. The third-order valence-corrected chi connectivity index (χ3v) is 3.81. The molecule has 0 bridgehead atoms. The van der Waals surface area contributed by atoms with Gasteiger partial charge in [-0.15, -0.1) is 0 Å². The van der Waals surface area contributed by atoms with E-state index in [-0.39, 0.29) is 0 Å². The predicted molar refractivity (Wildman–Crippen MR) is 90.3 cm³/mol. The highest BCUT2D eigenvalue weighted by Gasteiger charge is 2.28. The third-order valence-electron chi connectivity index (χ3n) is 3.81. The van der Waals surface area contributed by atoms with E-state index in [2.05, 4.69) is 16.0 Å². The number of aromatic nitrogens is 2. The number of anilines is 2. The van der Waals surface area contributed by atoms with Crippen LogP contribution in [0.1, 0.15) is 33.6 Å². The van der Waals surface area contributed by atoms with Gasteiger partial charge in [0.1, 0.15) is 17.6 Å². The van der Waals surface area contributed by atoms with Gasteiger partial charge in [0.05, 0.1) is 17.9 Å². The van der Waals surface area contributed by atoms with Crippen molar-refractivity contribution in [3.63, 3.8) is 0 Å².